The molecule has 4 heteroatoms. The number of nitrogens with one attached hydrogen (secondary N) is 1. The summed E-state index contributed by atoms with van der Waals surface area (Å²) >= 11 is 0. The summed E-state index contributed by atoms with van der Waals surface area (Å²) in [6.45, 7) is 0.861. The molecule has 0 aliphatic heterocycles. The molecule has 1 aliphatic carbocycles. The molecule has 0 saturated carbocycles. The molecule has 112 valence electrons. The molecule has 2 heterocycles. The fraction of sp³-hybridized carbons (Fsp3) is 0.278. The van der Waals surface area contributed by atoms with Crippen LogP contribution in [0.1, 0.15) is 29.2 Å². The molecule has 1 aromatic carbocycles. The highest BCUT2D eigenvalue weighted by Gasteiger charge is 2.22. The molecule has 0 bridgehead atoms. The molecular formula is C18H19N3O. The Morgan fingerprint density at radius 2 is 2.23 bits per heavy atom. The second kappa shape index (κ2) is 5.46. The van der Waals surface area contributed by atoms with Crippen molar-refractivity contribution in [3.8, 4) is 5.75 Å². The average Bonchev–Trinajstić information content (AvgIpc) is 3.18. The van der Waals surface area contributed by atoms with E-state index in [9.17, 15) is 0 Å². The van der Waals surface area contributed by atoms with Gasteiger partial charge in [-0.1, -0.05) is 6.07 Å². The zero-order valence-corrected chi connectivity index (χ0v) is 12.6. The smallest absolute Gasteiger partial charge is 0.136 e. The highest BCUT2D eigenvalue weighted by Crippen LogP contribution is 2.33. The van der Waals surface area contributed by atoms with Gasteiger partial charge in [-0.15, -0.1) is 0 Å². The van der Waals surface area contributed by atoms with E-state index in [1.54, 1.807) is 7.11 Å². The fourth-order valence-electron chi connectivity index (χ4n) is 3.24. The second-order valence-electron chi connectivity index (χ2n) is 5.76. The predicted molar refractivity (Wildman–Crippen MR) is 86.1 cm³/mol. The van der Waals surface area contributed by atoms with Crippen LogP contribution in [-0.2, 0) is 13.0 Å². The van der Waals surface area contributed by atoms with Gasteiger partial charge in [0, 0.05) is 31.2 Å². The Balaban J connectivity index is 1.49. The van der Waals surface area contributed by atoms with Crippen LogP contribution in [0.5, 0.6) is 5.75 Å². The topological polar surface area (TPSA) is 38.6 Å². The van der Waals surface area contributed by atoms with Crippen molar-refractivity contribution in [1.29, 1.82) is 0 Å². The van der Waals surface area contributed by atoms with Gasteiger partial charge in [0.2, 0.25) is 0 Å². The minimum absolute atomic E-state index is 0.428. The lowest BCUT2D eigenvalue weighted by atomic mass is 10.1. The number of hydrogen-bond donors (Lipinski definition) is 1. The Hall–Kier alpha value is -2.33. The predicted octanol–water partition coefficient (Wildman–Crippen LogP) is 3.12. The number of ether oxygens (including phenoxy) is 1. The van der Waals surface area contributed by atoms with Gasteiger partial charge in [0.05, 0.1) is 7.11 Å². The van der Waals surface area contributed by atoms with Gasteiger partial charge in [-0.2, -0.15) is 0 Å². The van der Waals surface area contributed by atoms with Crippen LogP contribution in [0.2, 0.25) is 0 Å². The maximum Gasteiger partial charge on any atom is 0.136 e. The summed E-state index contributed by atoms with van der Waals surface area (Å²) in [5, 5.41) is 3.67. The van der Waals surface area contributed by atoms with E-state index in [0.29, 0.717) is 6.04 Å². The molecule has 1 atom stereocenters. The van der Waals surface area contributed by atoms with Crippen molar-refractivity contribution in [2.45, 2.75) is 25.4 Å². The van der Waals surface area contributed by atoms with Crippen molar-refractivity contribution in [2.75, 3.05) is 7.11 Å². The number of fused-ring (bicyclic) bond motifs is 2. The third kappa shape index (κ3) is 2.35. The quantitative estimate of drug-likeness (QED) is 0.803. The highest BCUT2D eigenvalue weighted by molar-refractivity contribution is 5.42. The number of nitrogens with zero attached hydrogens (tertiary/aromatic N) is 2. The van der Waals surface area contributed by atoms with Crippen LogP contribution in [-0.4, -0.2) is 16.5 Å². The second-order valence-corrected chi connectivity index (χ2v) is 5.76. The molecule has 0 spiro atoms. The highest BCUT2D eigenvalue weighted by atomic mass is 16.5. The van der Waals surface area contributed by atoms with E-state index in [-0.39, 0.29) is 0 Å². The van der Waals surface area contributed by atoms with Gasteiger partial charge in [-0.25, -0.2) is 4.98 Å². The van der Waals surface area contributed by atoms with Crippen molar-refractivity contribution in [3.05, 3.63) is 65.6 Å². The zero-order chi connectivity index (χ0) is 14.9. The van der Waals surface area contributed by atoms with Crippen LogP contribution >= 0.6 is 0 Å². The van der Waals surface area contributed by atoms with E-state index in [4.69, 9.17) is 4.74 Å². The summed E-state index contributed by atoms with van der Waals surface area (Å²) in [6.07, 6.45) is 8.12. The van der Waals surface area contributed by atoms with E-state index in [0.717, 1.165) is 30.8 Å². The molecular weight excluding hydrogens is 274 g/mol. The summed E-state index contributed by atoms with van der Waals surface area (Å²) in [6, 6.07) is 11.1. The average molecular weight is 293 g/mol. The normalized spacial score (nSPS) is 16.9. The molecule has 0 radical (unpaired) electrons. The summed E-state index contributed by atoms with van der Waals surface area (Å²) < 4.78 is 7.34. The van der Waals surface area contributed by atoms with Crippen LogP contribution in [0.15, 0.2) is 48.9 Å². The first-order valence-corrected chi connectivity index (χ1v) is 7.65. The van der Waals surface area contributed by atoms with Gasteiger partial charge < -0.3 is 14.5 Å². The minimum atomic E-state index is 0.428. The summed E-state index contributed by atoms with van der Waals surface area (Å²) in [7, 11) is 1.72. The molecule has 0 fully saturated rings. The molecule has 0 amide bonds. The van der Waals surface area contributed by atoms with E-state index in [2.05, 4.69) is 46.8 Å². The molecule has 1 unspecified atom stereocenters. The van der Waals surface area contributed by atoms with Gasteiger partial charge in [0.1, 0.15) is 11.4 Å². The number of imidazole rings is 1. The van der Waals surface area contributed by atoms with Gasteiger partial charge >= 0.3 is 0 Å². The lowest BCUT2D eigenvalue weighted by Gasteiger charge is -2.14. The number of pyridine rings is 1. The number of aryl methyl sites for hydroxylation is 1. The van der Waals surface area contributed by atoms with E-state index >= 15 is 0 Å². The van der Waals surface area contributed by atoms with Crippen LogP contribution < -0.4 is 10.1 Å². The third-order valence-electron chi connectivity index (χ3n) is 4.44. The Morgan fingerprint density at radius 1 is 1.27 bits per heavy atom. The van der Waals surface area contributed by atoms with Gasteiger partial charge in [0.25, 0.3) is 0 Å². The molecule has 1 N–H and O–H groups in total. The molecule has 4 rings (SSSR count). The van der Waals surface area contributed by atoms with Crippen LogP contribution in [0.25, 0.3) is 5.65 Å². The number of methoxy groups -OCH3 is 1. The molecule has 1 aliphatic rings. The van der Waals surface area contributed by atoms with Crippen LogP contribution in [0.4, 0.5) is 0 Å². The first-order chi connectivity index (χ1) is 10.8. The SMILES string of the molecule is COc1ccc2c(c1)CCC2NCc1ccn2ccnc2c1. The van der Waals surface area contributed by atoms with Gasteiger partial charge in [0.15, 0.2) is 0 Å². The van der Waals surface area contributed by atoms with Crippen molar-refractivity contribution in [3.63, 3.8) is 0 Å². The van der Waals surface area contributed by atoms with E-state index in [1.165, 1.54) is 16.7 Å². The Morgan fingerprint density at radius 3 is 3.14 bits per heavy atom. The van der Waals surface area contributed by atoms with Crippen LogP contribution in [0.3, 0.4) is 0 Å². The maximum atomic E-state index is 5.31. The van der Waals surface area contributed by atoms with Crippen molar-refractivity contribution < 1.29 is 4.74 Å². The minimum Gasteiger partial charge on any atom is -0.497 e. The molecule has 0 saturated heterocycles. The first-order valence-electron chi connectivity index (χ1n) is 7.65. The van der Waals surface area contributed by atoms with Gasteiger partial charge in [-0.05, 0) is 53.8 Å². The Kier molecular flexibility index (Phi) is 3.31. The Labute approximate surface area is 129 Å². The molecule has 4 nitrogen and oxygen atoms in total. The summed E-state index contributed by atoms with van der Waals surface area (Å²) in [4.78, 5) is 4.34. The fourth-order valence-corrected chi connectivity index (χ4v) is 3.24. The number of benzene rings is 1. The lowest BCUT2D eigenvalue weighted by molar-refractivity contribution is 0.414. The number of rotatable bonds is 4. The van der Waals surface area contributed by atoms with E-state index < -0.39 is 0 Å². The first kappa shape index (κ1) is 13.3. The van der Waals surface area contributed by atoms with Crippen molar-refractivity contribution in [1.82, 2.24) is 14.7 Å². The maximum absolute atomic E-state index is 5.31. The Bertz CT molecular complexity index is 809. The summed E-state index contributed by atoms with van der Waals surface area (Å²) in [5.74, 6) is 0.948. The third-order valence-corrected chi connectivity index (χ3v) is 4.44. The van der Waals surface area contributed by atoms with Crippen molar-refractivity contribution in [2.24, 2.45) is 0 Å². The van der Waals surface area contributed by atoms with E-state index in [1.807, 2.05) is 16.8 Å². The lowest BCUT2D eigenvalue weighted by Crippen LogP contribution is -2.18. The summed E-state index contributed by atoms with van der Waals surface area (Å²) in [5.41, 5.74) is 5.07. The zero-order valence-electron chi connectivity index (χ0n) is 12.6. The van der Waals surface area contributed by atoms with Crippen molar-refractivity contribution >= 4 is 5.65 Å². The molecule has 22 heavy (non-hydrogen) atoms. The standard InChI is InChI=1S/C18H19N3O/c1-22-15-3-4-16-14(11-15)2-5-17(16)20-12-13-6-8-21-9-7-19-18(21)10-13/h3-4,6-11,17,20H,2,5,12H2,1H3. The molecule has 3 aromatic rings. The molecule has 2 aromatic heterocycles. The van der Waals surface area contributed by atoms with Crippen LogP contribution in [0, 0.1) is 0 Å². The monoisotopic (exact) mass is 293 g/mol. The largest absolute Gasteiger partial charge is 0.497 e. The number of aromatic nitrogens is 2. The number of hydrogen-bond acceptors (Lipinski definition) is 3. The van der Waals surface area contributed by atoms with Gasteiger partial charge in [-0.3, -0.25) is 0 Å².